The van der Waals surface area contributed by atoms with Crippen molar-refractivity contribution in [3.05, 3.63) is 12.7 Å². The average Bonchev–Trinajstić information content (AvgIpc) is 2.17. The second-order valence-electron chi connectivity index (χ2n) is 2.52. The number of rotatable bonds is 1. The predicted molar refractivity (Wildman–Crippen MR) is 36.5 cm³/mol. The Morgan fingerprint density at radius 3 is 2.20 bits per heavy atom. The highest BCUT2D eigenvalue weighted by Crippen LogP contribution is 2.20. The maximum Gasteiger partial charge on any atom is 0.112 e. The van der Waals surface area contributed by atoms with Crippen LogP contribution < -0.4 is 0 Å². The Morgan fingerprint density at radius 1 is 1.40 bits per heavy atom. The van der Waals surface area contributed by atoms with Crippen molar-refractivity contribution in [2.75, 3.05) is 0 Å². The summed E-state index contributed by atoms with van der Waals surface area (Å²) in [5.74, 6) is 0. The first-order chi connectivity index (χ1) is 4.66. The van der Waals surface area contributed by atoms with E-state index in [0.717, 1.165) is 0 Å². The minimum atomic E-state index is -0.813. The van der Waals surface area contributed by atoms with Crippen molar-refractivity contribution in [2.45, 2.75) is 31.3 Å². The van der Waals surface area contributed by atoms with Gasteiger partial charge in [-0.15, -0.1) is 6.58 Å². The minimum Gasteiger partial charge on any atom is -0.388 e. The van der Waals surface area contributed by atoms with Gasteiger partial charge in [0.1, 0.15) is 18.3 Å². The molecule has 2 N–H and O–H groups in total. The molecule has 0 aromatic rings. The molecule has 1 fully saturated rings. The topological polar surface area (TPSA) is 49.7 Å². The Morgan fingerprint density at radius 2 is 2.00 bits per heavy atom. The van der Waals surface area contributed by atoms with Gasteiger partial charge in [-0.05, 0) is 6.92 Å². The molecule has 1 aliphatic heterocycles. The van der Waals surface area contributed by atoms with Gasteiger partial charge in [0.05, 0.1) is 6.10 Å². The Kier molecular flexibility index (Phi) is 2.08. The van der Waals surface area contributed by atoms with Crippen molar-refractivity contribution in [3.8, 4) is 0 Å². The van der Waals surface area contributed by atoms with Gasteiger partial charge in [0.15, 0.2) is 0 Å². The van der Waals surface area contributed by atoms with Crippen LogP contribution in [0.5, 0.6) is 0 Å². The predicted octanol–water partition coefficient (Wildman–Crippen LogP) is -0.319. The molecular formula is C7H12O3. The monoisotopic (exact) mass is 144 g/mol. The Labute approximate surface area is 59.9 Å². The van der Waals surface area contributed by atoms with Gasteiger partial charge in [0.25, 0.3) is 0 Å². The molecule has 0 saturated carbocycles. The van der Waals surface area contributed by atoms with E-state index in [4.69, 9.17) is 9.84 Å². The fourth-order valence-electron chi connectivity index (χ4n) is 1.08. The first-order valence-electron chi connectivity index (χ1n) is 3.31. The van der Waals surface area contributed by atoms with Crippen molar-refractivity contribution >= 4 is 0 Å². The van der Waals surface area contributed by atoms with E-state index in [2.05, 4.69) is 6.58 Å². The van der Waals surface area contributed by atoms with E-state index in [1.165, 1.54) is 6.08 Å². The van der Waals surface area contributed by atoms with Crippen LogP contribution in [0.1, 0.15) is 6.92 Å². The third-order valence-corrected chi connectivity index (χ3v) is 1.77. The first kappa shape index (κ1) is 7.72. The Hall–Kier alpha value is -0.380. The highest BCUT2D eigenvalue weighted by molar-refractivity contribution is 4.97. The quantitative estimate of drug-likeness (QED) is 0.496. The molecule has 0 aliphatic carbocycles. The van der Waals surface area contributed by atoms with Crippen molar-refractivity contribution in [2.24, 2.45) is 0 Å². The lowest BCUT2D eigenvalue weighted by atomic mass is 10.1. The molecule has 0 radical (unpaired) electrons. The van der Waals surface area contributed by atoms with Crippen molar-refractivity contribution < 1.29 is 14.9 Å². The van der Waals surface area contributed by atoms with E-state index in [1.54, 1.807) is 6.92 Å². The molecule has 1 saturated heterocycles. The van der Waals surface area contributed by atoms with Gasteiger partial charge in [-0.1, -0.05) is 6.08 Å². The van der Waals surface area contributed by atoms with Crippen LogP contribution in [0, 0.1) is 0 Å². The molecule has 58 valence electrons. The minimum absolute atomic E-state index is 0.294. The summed E-state index contributed by atoms with van der Waals surface area (Å²) in [7, 11) is 0. The van der Waals surface area contributed by atoms with E-state index in [9.17, 15) is 5.11 Å². The standard InChI is InChI=1S/C7H12O3/c1-3-5-7(9)6(8)4(2)10-5/h3-9H,1H2,2H3/t4-,5+,6-,7+/m1/s1. The number of hydrogen-bond donors (Lipinski definition) is 2. The largest absolute Gasteiger partial charge is 0.388 e. The van der Waals surface area contributed by atoms with Crippen LogP contribution in [-0.4, -0.2) is 34.6 Å². The zero-order valence-electron chi connectivity index (χ0n) is 5.90. The summed E-state index contributed by atoms with van der Waals surface area (Å²) >= 11 is 0. The van der Waals surface area contributed by atoms with Gasteiger partial charge in [0.2, 0.25) is 0 Å². The lowest BCUT2D eigenvalue weighted by molar-refractivity contribution is 0.0316. The van der Waals surface area contributed by atoms with Crippen LogP contribution in [0.4, 0.5) is 0 Å². The van der Waals surface area contributed by atoms with Crippen LogP contribution in [0.3, 0.4) is 0 Å². The number of ether oxygens (including phenoxy) is 1. The first-order valence-corrected chi connectivity index (χ1v) is 3.31. The highest BCUT2D eigenvalue weighted by atomic mass is 16.5. The van der Waals surface area contributed by atoms with Gasteiger partial charge in [-0.25, -0.2) is 0 Å². The molecule has 4 atom stereocenters. The van der Waals surface area contributed by atoms with Crippen LogP contribution in [0.2, 0.25) is 0 Å². The SMILES string of the molecule is C=C[C@@H]1O[C@H](C)[C@@H](O)[C@H]1O. The van der Waals surface area contributed by atoms with Crippen LogP contribution in [-0.2, 0) is 4.74 Å². The Bertz CT molecular complexity index is 135. The van der Waals surface area contributed by atoms with E-state index in [0.29, 0.717) is 0 Å². The summed E-state index contributed by atoms with van der Waals surface area (Å²) in [5, 5.41) is 18.3. The van der Waals surface area contributed by atoms with Crippen molar-refractivity contribution in [3.63, 3.8) is 0 Å². The molecule has 3 heteroatoms. The Balaban J connectivity index is 2.61. The molecule has 1 heterocycles. The molecule has 1 rings (SSSR count). The zero-order valence-corrected chi connectivity index (χ0v) is 5.90. The second-order valence-corrected chi connectivity index (χ2v) is 2.52. The summed E-state index contributed by atoms with van der Waals surface area (Å²) < 4.78 is 5.12. The zero-order chi connectivity index (χ0) is 7.72. The number of aliphatic hydroxyl groups excluding tert-OH is 2. The normalized spacial score (nSPS) is 47.5. The third-order valence-electron chi connectivity index (χ3n) is 1.77. The van der Waals surface area contributed by atoms with Gasteiger partial charge >= 0.3 is 0 Å². The average molecular weight is 144 g/mol. The summed E-state index contributed by atoms with van der Waals surface area (Å²) in [6.07, 6.45) is -0.796. The van der Waals surface area contributed by atoms with E-state index >= 15 is 0 Å². The smallest absolute Gasteiger partial charge is 0.112 e. The lowest BCUT2D eigenvalue weighted by Gasteiger charge is -2.08. The molecule has 0 amide bonds. The van der Waals surface area contributed by atoms with E-state index < -0.39 is 18.3 Å². The van der Waals surface area contributed by atoms with Gasteiger partial charge < -0.3 is 14.9 Å². The van der Waals surface area contributed by atoms with Crippen molar-refractivity contribution in [1.82, 2.24) is 0 Å². The number of aliphatic hydroxyl groups is 2. The molecule has 3 nitrogen and oxygen atoms in total. The molecule has 1 aliphatic rings. The fraction of sp³-hybridized carbons (Fsp3) is 0.714. The summed E-state index contributed by atoms with van der Waals surface area (Å²) in [6, 6.07) is 0. The molecule has 0 spiro atoms. The van der Waals surface area contributed by atoms with Crippen LogP contribution in [0.25, 0.3) is 0 Å². The molecule has 10 heavy (non-hydrogen) atoms. The maximum absolute atomic E-state index is 9.18. The molecular weight excluding hydrogens is 132 g/mol. The molecule has 0 aromatic carbocycles. The van der Waals surface area contributed by atoms with Crippen molar-refractivity contribution in [1.29, 1.82) is 0 Å². The highest BCUT2D eigenvalue weighted by Gasteiger charge is 2.38. The van der Waals surface area contributed by atoms with Gasteiger partial charge in [-0.2, -0.15) is 0 Å². The lowest BCUT2D eigenvalue weighted by Crippen LogP contribution is -2.30. The second kappa shape index (κ2) is 2.70. The van der Waals surface area contributed by atoms with Gasteiger partial charge in [0, 0.05) is 0 Å². The molecule has 0 bridgehead atoms. The summed E-state index contributed by atoms with van der Waals surface area (Å²) in [6.45, 7) is 5.19. The van der Waals surface area contributed by atoms with Crippen LogP contribution >= 0.6 is 0 Å². The van der Waals surface area contributed by atoms with Crippen LogP contribution in [0.15, 0.2) is 12.7 Å². The van der Waals surface area contributed by atoms with E-state index in [-0.39, 0.29) is 6.10 Å². The maximum atomic E-state index is 9.18. The summed E-state index contributed by atoms with van der Waals surface area (Å²) in [5.41, 5.74) is 0. The molecule has 0 aromatic heterocycles. The fourth-order valence-corrected chi connectivity index (χ4v) is 1.08. The van der Waals surface area contributed by atoms with Gasteiger partial charge in [-0.3, -0.25) is 0 Å². The molecule has 0 unspecified atom stereocenters. The third kappa shape index (κ3) is 1.08. The summed E-state index contributed by atoms with van der Waals surface area (Å²) in [4.78, 5) is 0. The number of hydrogen-bond acceptors (Lipinski definition) is 3. The van der Waals surface area contributed by atoms with E-state index in [1.807, 2.05) is 0 Å².